The van der Waals surface area contributed by atoms with Crippen molar-refractivity contribution in [2.45, 2.75) is 0 Å². The van der Waals surface area contributed by atoms with Crippen molar-refractivity contribution in [3.05, 3.63) is 41.3 Å². The molecule has 5 heteroatoms. The molecular formula is C11H12N3OS+. The van der Waals surface area contributed by atoms with Gasteiger partial charge in [-0.1, -0.05) is 18.2 Å². The van der Waals surface area contributed by atoms with Gasteiger partial charge < -0.3 is 5.84 Å². The van der Waals surface area contributed by atoms with Crippen molar-refractivity contribution in [1.29, 1.82) is 0 Å². The van der Waals surface area contributed by atoms with Crippen LogP contribution in [0.4, 0.5) is 0 Å². The normalized spacial score (nSPS) is 26.8. The molecule has 0 bridgehead atoms. The van der Waals surface area contributed by atoms with Gasteiger partial charge in [-0.15, -0.1) is 5.10 Å². The summed E-state index contributed by atoms with van der Waals surface area (Å²) in [6.07, 6.45) is 0.838. The first-order valence-corrected chi connectivity index (χ1v) is 5.64. The van der Waals surface area contributed by atoms with Crippen LogP contribution in [0.5, 0.6) is 0 Å². The van der Waals surface area contributed by atoms with E-state index in [9.17, 15) is 4.79 Å². The number of carbonyl (C=O) groups excluding carboxylic acids is 1. The first-order valence-electron chi connectivity index (χ1n) is 4.76. The van der Waals surface area contributed by atoms with Crippen molar-refractivity contribution in [3.8, 4) is 0 Å². The van der Waals surface area contributed by atoms with Crippen LogP contribution in [0.15, 0.2) is 40.8 Å². The molecule has 0 saturated carbocycles. The summed E-state index contributed by atoms with van der Waals surface area (Å²) in [6, 6.07) is 9.74. The standard InChI is InChI=1S/C11H12N3OS/c1-14(8-15)10(7-16-11(14)13-12)9-5-3-2-4-6-9/h2-8H,12H2,1H3/q+1. The van der Waals surface area contributed by atoms with Crippen molar-refractivity contribution in [2.24, 2.45) is 10.9 Å². The van der Waals surface area contributed by atoms with Crippen molar-refractivity contribution < 1.29 is 9.28 Å². The van der Waals surface area contributed by atoms with Crippen molar-refractivity contribution in [1.82, 2.24) is 0 Å². The third-order valence-electron chi connectivity index (χ3n) is 2.56. The molecule has 1 heterocycles. The van der Waals surface area contributed by atoms with E-state index in [1.54, 1.807) is 7.05 Å². The second kappa shape index (κ2) is 4.11. The molecule has 0 aromatic heterocycles. The Morgan fingerprint density at radius 1 is 1.38 bits per heavy atom. The number of amides is 1. The Bertz CT molecular complexity index is 469. The Morgan fingerprint density at radius 2 is 2.06 bits per heavy atom. The molecule has 2 N–H and O–H groups in total. The topological polar surface area (TPSA) is 55.5 Å². The van der Waals surface area contributed by atoms with Gasteiger partial charge in [0.2, 0.25) is 0 Å². The van der Waals surface area contributed by atoms with Crippen LogP contribution in [-0.2, 0) is 4.79 Å². The first kappa shape index (κ1) is 10.9. The smallest absolute Gasteiger partial charge is 0.313 e. The van der Waals surface area contributed by atoms with E-state index in [1.165, 1.54) is 11.8 Å². The zero-order chi connectivity index (χ0) is 11.6. The fraction of sp³-hybridized carbons (Fsp3) is 0.0909. The molecule has 0 fully saturated rings. The van der Waals surface area contributed by atoms with Gasteiger partial charge in [-0.3, -0.25) is 0 Å². The number of hydrogen-bond acceptors (Lipinski definition) is 4. The number of benzene rings is 1. The van der Waals surface area contributed by atoms with Crippen molar-refractivity contribution >= 4 is 29.0 Å². The number of nitrogens with zero attached hydrogens (tertiary/aromatic N) is 2. The lowest BCUT2D eigenvalue weighted by Gasteiger charge is -2.22. The number of quaternary nitrogens is 1. The Labute approximate surface area is 98.0 Å². The van der Waals surface area contributed by atoms with Crippen LogP contribution in [0.1, 0.15) is 5.56 Å². The van der Waals surface area contributed by atoms with Gasteiger partial charge >= 0.3 is 6.41 Å². The maximum atomic E-state index is 11.3. The third kappa shape index (κ3) is 1.54. The molecule has 2 rings (SSSR count). The maximum absolute atomic E-state index is 11.3. The van der Waals surface area contributed by atoms with Gasteiger partial charge in [-0.25, -0.2) is 4.79 Å². The van der Waals surface area contributed by atoms with Crippen LogP contribution in [0, 0.1) is 0 Å². The maximum Gasteiger partial charge on any atom is 0.313 e. The predicted octanol–water partition coefficient (Wildman–Crippen LogP) is 1.56. The minimum absolute atomic E-state index is 0.00514. The molecular weight excluding hydrogens is 222 g/mol. The van der Waals surface area contributed by atoms with Gasteiger partial charge in [0.25, 0.3) is 5.17 Å². The minimum Gasteiger partial charge on any atom is -0.317 e. The lowest BCUT2D eigenvalue weighted by molar-refractivity contribution is -0.643. The zero-order valence-corrected chi connectivity index (χ0v) is 9.65. The Kier molecular flexibility index (Phi) is 2.80. The molecule has 0 spiro atoms. The van der Waals surface area contributed by atoms with Gasteiger partial charge in [0.15, 0.2) is 5.70 Å². The molecule has 0 aliphatic carbocycles. The summed E-state index contributed by atoms with van der Waals surface area (Å²) in [6.45, 7) is 0. The highest BCUT2D eigenvalue weighted by Gasteiger charge is 2.41. The number of amidine groups is 1. The number of hydrogen-bond donors (Lipinski definition) is 1. The highest BCUT2D eigenvalue weighted by atomic mass is 32.2. The Hall–Kier alpha value is -1.59. The second-order valence-corrected chi connectivity index (χ2v) is 4.42. The van der Waals surface area contributed by atoms with E-state index < -0.39 is 0 Å². The summed E-state index contributed by atoms with van der Waals surface area (Å²) >= 11 is 1.38. The average Bonchev–Trinajstić information content (AvgIpc) is 2.68. The Balaban J connectivity index is 2.48. The van der Waals surface area contributed by atoms with Gasteiger partial charge in [0.1, 0.15) is 0 Å². The number of thioether (sulfide) groups is 1. The minimum atomic E-state index is 0.00514. The van der Waals surface area contributed by atoms with E-state index in [1.807, 2.05) is 35.7 Å². The Morgan fingerprint density at radius 3 is 2.62 bits per heavy atom. The largest absolute Gasteiger partial charge is 0.317 e. The zero-order valence-electron chi connectivity index (χ0n) is 8.83. The van der Waals surface area contributed by atoms with Gasteiger partial charge in [-0.05, 0) is 23.9 Å². The summed E-state index contributed by atoms with van der Waals surface area (Å²) in [5, 5.41) is 6.15. The molecule has 0 radical (unpaired) electrons. The third-order valence-corrected chi connectivity index (χ3v) is 3.60. The fourth-order valence-corrected chi connectivity index (χ4v) is 2.62. The summed E-state index contributed by atoms with van der Waals surface area (Å²) < 4.78 is 0.00514. The molecule has 1 aliphatic rings. The molecule has 4 nitrogen and oxygen atoms in total. The highest BCUT2D eigenvalue weighted by Crippen LogP contribution is 2.37. The fourth-order valence-electron chi connectivity index (χ4n) is 1.63. The molecule has 82 valence electrons. The van der Waals surface area contributed by atoms with Crippen molar-refractivity contribution in [3.63, 3.8) is 0 Å². The number of rotatable bonds is 2. The van der Waals surface area contributed by atoms with E-state index in [2.05, 4.69) is 5.10 Å². The number of hydrazone groups is 1. The van der Waals surface area contributed by atoms with E-state index in [-0.39, 0.29) is 4.48 Å². The van der Waals surface area contributed by atoms with Crippen LogP contribution < -0.4 is 5.84 Å². The molecule has 1 amide bonds. The van der Waals surface area contributed by atoms with E-state index in [0.717, 1.165) is 17.7 Å². The molecule has 1 unspecified atom stereocenters. The monoisotopic (exact) mass is 234 g/mol. The number of carbonyl (C=O) groups is 1. The van der Waals surface area contributed by atoms with Crippen LogP contribution in [-0.4, -0.2) is 23.1 Å². The second-order valence-electron chi connectivity index (χ2n) is 3.58. The molecule has 16 heavy (non-hydrogen) atoms. The first-order chi connectivity index (χ1) is 7.72. The average molecular weight is 234 g/mol. The van der Waals surface area contributed by atoms with Gasteiger partial charge in [0, 0.05) is 11.0 Å². The van der Waals surface area contributed by atoms with Gasteiger partial charge in [-0.2, -0.15) is 4.48 Å². The summed E-state index contributed by atoms with van der Waals surface area (Å²) in [7, 11) is 1.78. The summed E-state index contributed by atoms with van der Waals surface area (Å²) in [5.41, 5.74) is 1.90. The lowest BCUT2D eigenvalue weighted by Crippen LogP contribution is -2.42. The predicted molar refractivity (Wildman–Crippen MR) is 65.9 cm³/mol. The summed E-state index contributed by atoms with van der Waals surface area (Å²) in [5.74, 6) is 5.28. The molecule has 1 atom stereocenters. The van der Waals surface area contributed by atoms with Crippen LogP contribution in [0.3, 0.4) is 0 Å². The van der Waals surface area contributed by atoms with E-state index in [0.29, 0.717) is 5.17 Å². The molecule has 1 aromatic carbocycles. The van der Waals surface area contributed by atoms with Crippen LogP contribution >= 0.6 is 11.8 Å². The lowest BCUT2D eigenvalue weighted by atomic mass is 10.1. The van der Waals surface area contributed by atoms with Crippen LogP contribution in [0.25, 0.3) is 5.70 Å². The van der Waals surface area contributed by atoms with Crippen LogP contribution in [0.2, 0.25) is 0 Å². The quantitative estimate of drug-likeness (QED) is 0.366. The highest BCUT2D eigenvalue weighted by molar-refractivity contribution is 8.16. The molecule has 1 aliphatic heterocycles. The van der Waals surface area contributed by atoms with E-state index >= 15 is 0 Å². The SMILES string of the molecule is C[N+]1(C=O)C(c2ccccc2)=CSC1=NN. The number of nitrogens with two attached hydrogens (primary N) is 1. The summed E-state index contributed by atoms with van der Waals surface area (Å²) in [4.78, 5) is 11.3. The van der Waals surface area contributed by atoms with Crippen molar-refractivity contribution in [2.75, 3.05) is 7.05 Å². The van der Waals surface area contributed by atoms with E-state index in [4.69, 9.17) is 5.84 Å². The molecule has 0 saturated heterocycles. The molecule has 1 aromatic rings. The van der Waals surface area contributed by atoms with Gasteiger partial charge in [0.05, 0.1) is 7.05 Å².